The van der Waals surface area contributed by atoms with Gasteiger partial charge < -0.3 is 0 Å². The number of carbonyl (C=O) groups excluding carboxylic acids is 2. The van der Waals surface area contributed by atoms with Crippen LogP contribution in [0.5, 0.6) is 0 Å². The van der Waals surface area contributed by atoms with Crippen molar-refractivity contribution in [1.82, 2.24) is 0 Å². The molecule has 0 radical (unpaired) electrons. The molecule has 0 amide bonds. The Morgan fingerprint density at radius 2 is 2.09 bits per heavy atom. The molecule has 0 N–H and O–H groups in total. The Hall–Kier alpha value is -0.960. The third-order valence-electron chi connectivity index (χ3n) is 3.48. The minimum Gasteiger partial charge on any atom is -0.297 e. The van der Waals surface area contributed by atoms with E-state index in [1.54, 1.807) is 23.9 Å². The van der Waals surface area contributed by atoms with E-state index in [-0.39, 0.29) is 11.7 Å². The van der Waals surface area contributed by atoms with Crippen molar-refractivity contribution in [3.63, 3.8) is 0 Å². The Bertz CT molecular complexity index is 650. The Labute approximate surface area is 143 Å². The summed E-state index contributed by atoms with van der Waals surface area (Å²) in [5.41, 5.74) is 0.424. The predicted molar refractivity (Wildman–Crippen MR) is 90.8 cm³/mol. The molecule has 22 heavy (non-hydrogen) atoms. The second-order valence-electron chi connectivity index (χ2n) is 4.99. The molecule has 1 atom stereocenters. The van der Waals surface area contributed by atoms with Gasteiger partial charge in [0.2, 0.25) is 0 Å². The fourth-order valence-electron chi connectivity index (χ4n) is 2.22. The van der Waals surface area contributed by atoms with E-state index >= 15 is 0 Å². The molecule has 1 aliphatic rings. The highest BCUT2D eigenvalue weighted by atomic mass is 35.5. The van der Waals surface area contributed by atoms with Gasteiger partial charge in [0.05, 0.1) is 11.1 Å². The highest BCUT2D eigenvalue weighted by Crippen LogP contribution is 2.40. The number of halogens is 1. The molecule has 0 spiro atoms. The van der Waals surface area contributed by atoms with Crippen molar-refractivity contribution >= 4 is 46.7 Å². The maximum Gasteiger partial charge on any atom is 0.188 e. The summed E-state index contributed by atoms with van der Waals surface area (Å²) in [6.45, 7) is 2.01. The molecule has 1 aliphatic carbocycles. The molecular weight excluding hydrogens is 338 g/mol. The van der Waals surface area contributed by atoms with Gasteiger partial charge in [-0.25, -0.2) is 0 Å². The Balaban J connectivity index is 2.42. The number of hydrogen-bond acceptors (Lipinski definition) is 5. The van der Waals surface area contributed by atoms with E-state index in [0.717, 1.165) is 28.4 Å². The zero-order valence-electron chi connectivity index (χ0n) is 12.4. The van der Waals surface area contributed by atoms with Gasteiger partial charge in [-0.15, -0.1) is 23.5 Å². The zero-order valence-corrected chi connectivity index (χ0v) is 14.8. The lowest BCUT2D eigenvalue weighted by Gasteiger charge is -2.15. The first-order valence-electron chi connectivity index (χ1n) is 7.01. The summed E-state index contributed by atoms with van der Waals surface area (Å²) >= 11 is 9.20. The summed E-state index contributed by atoms with van der Waals surface area (Å²) in [5, 5.41) is 9.86. The molecule has 0 saturated heterocycles. The molecule has 0 heterocycles. The van der Waals surface area contributed by atoms with Crippen LogP contribution in [0.3, 0.4) is 0 Å². The van der Waals surface area contributed by atoms with Gasteiger partial charge in [-0.1, -0.05) is 18.5 Å². The average molecular weight is 354 g/mol. The summed E-state index contributed by atoms with van der Waals surface area (Å²) in [7, 11) is 0. The van der Waals surface area contributed by atoms with Crippen LogP contribution in [0, 0.1) is 23.2 Å². The molecule has 116 valence electrons. The standard InChI is InChI=1S/C16H16ClNO2S2/c1-3-22-16-12(17)7-6-10(15(16)21-2)14(20)11(8-18)13(19)9-4-5-9/h6-7,9,11H,3-5H2,1-2H3. The van der Waals surface area contributed by atoms with E-state index in [2.05, 4.69) is 0 Å². The Morgan fingerprint density at radius 1 is 1.41 bits per heavy atom. The molecule has 0 aromatic heterocycles. The average Bonchev–Trinajstić information content (AvgIpc) is 3.34. The predicted octanol–water partition coefficient (Wildman–Crippen LogP) is 4.48. The van der Waals surface area contributed by atoms with E-state index in [0.29, 0.717) is 10.6 Å². The summed E-state index contributed by atoms with van der Waals surface area (Å²) < 4.78 is 0. The molecule has 2 rings (SSSR count). The van der Waals surface area contributed by atoms with E-state index < -0.39 is 11.7 Å². The van der Waals surface area contributed by atoms with Crippen LogP contribution in [0.25, 0.3) is 0 Å². The van der Waals surface area contributed by atoms with Gasteiger partial charge in [0, 0.05) is 21.3 Å². The lowest BCUT2D eigenvalue weighted by atomic mass is 9.92. The van der Waals surface area contributed by atoms with E-state index in [1.165, 1.54) is 11.8 Å². The number of rotatable bonds is 7. The van der Waals surface area contributed by atoms with Crippen molar-refractivity contribution in [3.8, 4) is 6.07 Å². The summed E-state index contributed by atoms with van der Waals surface area (Å²) in [6, 6.07) is 5.19. The Kier molecular flexibility index (Phi) is 5.96. The van der Waals surface area contributed by atoms with Gasteiger partial charge >= 0.3 is 0 Å². The quantitative estimate of drug-likeness (QED) is 0.411. The maximum absolute atomic E-state index is 12.7. The SMILES string of the molecule is CCSc1c(Cl)ccc(C(=O)C(C#N)C(=O)C2CC2)c1SC. The largest absolute Gasteiger partial charge is 0.297 e. The first-order valence-corrected chi connectivity index (χ1v) is 9.60. The lowest BCUT2D eigenvalue weighted by Crippen LogP contribution is -2.24. The first-order chi connectivity index (χ1) is 10.5. The molecule has 1 saturated carbocycles. The molecule has 0 aliphatic heterocycles. The molecule has 0 bridgehead atoms. The third-order valence-corrected chi connectivity index (χ3v) is 5.87. The fraction of sp³-hybridized carbons (Fsp3) is 0.438. The minimum absolute atomic E-state index is 0.108. The molecule has 1 aromatic carbocycles. The van der Waals surface area contributed by atoms with Crippen molar-refractivity contribution in [3.05, 3.63) is 22.7 Å². The van der Waals surface area contributed by atoms with Crippen LogP contribution in [0.1, 0.15) is 30.1 Å². The van der Waals surface area contributed by atoms with E-state index in [1.807, 2.05) is 19.2 Å². The van der Waals surface area contributed by atoms with Crippen molar-refractivity contribution in [1.29, 1.82) is 5.26 Å². The molecule has 6 heteroatoms. The molecule has 1 aromatic rings. The number of Topliss-reactive ketones (excluding diaryl/α,β-unsaturated/α-hetero) is 2. The second kappa shape index (κ2) is 7.54. The van der Waals surface area contributed by atoms with Gasteiger partial charge in [-0.05, 0) is 37.0 Å². The highest BCUT2D eigenvalue weighted by Gasteiger charge is 2.39. The van der Waals surface area contributed by atoms with Gasteiger partial charge in [0.15, 0.2) is 17.5 Å². The van der Waals surface area contributed by atoms with Gasteiger partial charge in [0.1, 0.15) is 0 Å². The number of nitriles is 1. The van der Waals surface area contributed by atoms with Crippen LogP contribution in [0.15, 0.2) is 21.9 Å². The molecule has 1 fully saturated rings. The number of nitrogens with zero attached hydrogens (tertiary/aromatic N) is 1. The van der Waals surface area contributed by atoms with Crippen LogP contribution >= 0.6 is 35.1 Å². The number of thioether (sulfide) groups is 2. The summed E-state index contributed by atoms with van der Waals surface area (Å²) in [5.74, 6) is -1.12. The topological polar surface area (TPSA) is 57.9 Å². The third kappa shape index (κ3) is 3.51. The number of benzene rings is 1. The van der Waals surface area contributed by atoms with Crippen LogP contribution in [-0.2, 0) is 4.79 Å². The van der Waals surface area contributed by atoms with Crippen molar-refractivity contribution in [2.24, 2.45) is 11.8 Å². The number of hydrogen-bond donors (Lipinski definition) is 0. The summed E-state index contributed by atoms with van der Waals surface area (Å²) in [6.07, 6.45) is 3.45. The van der Waals surface area contributed by atoms with Gasteiger partial charge in [0.25, 0.3) is 0 Å². The monoisotopic (exact) mass is 353 g/mol. The maximum atomic E-state index is 12.7. The van der Waals surface area contributed by atoms with Crippen LogP contribution in [0.4, 0.5) is 0 Å². The molecular formula is C16H16ClNO2S2. The number of ketones is 2. The zero-order chi connectivity index (χ0) is 16.3. The van der Waals surface area contributed by atoms with E-state index in [4.69, 9.17) is 11.6 Å². The smallest absolute Gasteiger partial charge is 0.188 e. The minimum atomic E-state index is -1.20. The van der Waals surface area contributed by atoms with Gasteiger partial charge in [-0.2, -0.15) is 5.26 Å². The van der Waals surface area contributed by atoms with Crippen LogP contribution < -0.4 is 0 Å². The fourth-order valence-corrected chi connectivity index (χ4v) is 4.45. The highest BCUT2D eigenvalue weighted by molar-refractivity contribution is 8.02. The first kappa shape index (κ1) is 17.4. The van der Waals surface area contributed by atoms with Crippen molar-refractivity contribution < 1.29 is 9.59 Å². The lowest BCUT2D eigenvalue weighted by molar-refractivity contribution is -0.121. The van der Waals surface area contributed by atoms with Crippen molar-refractivity contribution in [2.75, 3.05) is 12.0 Å². The molecule has 1 unspecified atom stereocenters. The summed E-state index contributed by atoms with van der Waals surface area (Å²) in [4.78, 5) is 26.4. The van der Waals surface area contributed by atoms with Gasteiger partial charge in [-0.3, -0.25) is 9.59 Å². The second-order valence-corrected chi connectivity index (χ2v) is 7.49. The van der Waals surface area contributed by atoms with E-state index in [9.17, 15) is 14.9 Å². The van der Waals surface area contributed by atoms with Crippen molar-refractivity contribution in [2.45, 2.75) is 29.6 Å². The van der Waals surface area contributed by atoms with Crippen LogP contribution in [-0.4, -0.2) is 23.6 Å². The number of carbonyl (C=O) groups is 2. The Morgan fingerprint density at radius 3 is 2.59 bits per heavy atom. The van der Waals surface area contributed by atoms with Crippen LogP contribution in [0.2, 0.25) is 5.02 Å². The normalized spacial score (nSPS) is 15.2. The molecule has 3 nitrogen and oxygen atoms in total.